The zero-order chi connectivity index (χ0) is 10.3. The van der Waals surface area contributed by atoms with Gasteiger partial charge in [0.05, 0.1) is 5.54 Å². The van der Waals surface area contributed by atoms with Gasteiger partial charge in [0, 0.05) is 11.4 Å². The molecule has 1 aromatic heterocycles. The van der Waals surface area contributed by atoms with Crippen LogP contribution in [0.5, 0.6) is 0 Å². The molecule has 3 rings (SSSR count). The van der Waals surface area contributed by atoms with E-state index in [1.165, 1.54) is 38.6 Å². The molecule has 0 atom stereocenters. The van der Waals surface area contributed by atoms with Crippen LogP contribution in [-0.2, 0) is 12.0 Å². The Morgan fingerprint density at radius 1 is 1.40 bits per heavy atom. The van der Waals surface area contributed by atoms with Gasteiger partial charge in [-0.3, -0.25) is 0 Å². The molecule has 1 fully saturated rings. The summed E-state index contributed by atoms with van der Waals surface area (Å²) >= 11 is 1.97. The molecule has 0 saturated heterocycles. The average molecular weight is 221 g/mol. The Kier molecular flexibility index (Phi) is 2.37. The maximum absolute atomic E-state index is 3.81. The normalized spacial score (nSPS) is 35.4. The van der Waals surface area contributed by atoms with E-state index in [0.29, 0.717) is 5.54 Å². The molecule has 1 nitrogen and oxygen atoms in total. The summed E-state index contributed by atoms with van der Waals surface area (Å²) in [5.74, 6) is 0.933. The van der Waals surface area contributed by atoms with Crippen molar-refractivity contribution in [2.45, 2.75) is 44.6 Å². The Balaban J connectivity index is 1.94. The molecule has 82 valence electrons. The van der Waals surface area contributed by atoms with Crippen LogP contribution in [-0.4, -0.2) is 6.54 Å². The Morgan fingerprint density at radius 2 is 2.20 bits per heavy atom. The molecule has 0 aromatic carbocycles. The topological polar surface area (TPSA) is 12.0 Å². The Bertz CT molecular complexity index is 347. The van der Waals surface area contributed by atoms with Gasteiger partial charge in [0.25, 0.3) is 0 Å². The molecule has 1 N–H and O–H groups in total. The van der Waals surface area contributed by atoms with E-state index in [2.05, 4.69) is 23.7 Å². The lowest BCUT2D eigenvalue weighted by atomic mass is 9.74. The van der Waals surface area contributed by atoms with Gasteiger partial charge >= 0.3 is 0 Å². The van der Waals surface area contributed by atoms with Crippen molar-refractivity contribution in [1.82, 2.24) is 5.32 Å². The van der Waals surface area contributed by atoms with Crippen LogP contribution >= 0.6 is 11.3 Å². The van der Waals surface area contributed by atoms with Crippen molar-refractivity contribution in [1.29, 1.82) is 0 Å². The van der Waals surface area contributed by atoms with Gasteiger partial charge in [-0.2, -0.15) is 0 Å². The maximum atomic E-state index is 3.81. The highest BCUT2D eigenvalue weighted by atomic mass is 32.1. The van der Waals surface area contributed by atoms with Crippen LogP contribution in [0.2, 0.25) is 0 Å². The van der Waals surface area contributed by atoms with Crippen molar-refractivity contribution < 1.29 is 0 Å². The van der Waals surface area contributed by atoms with Crippen molar-refractivity contribution in [3.63, 3.8) is 0 Å². The number of fused-ring (bicyclic) bond motifs is 2. The highest BCUT2D eigenvalue weighted by Crippen LogP contribution is 2.44. The van der Waals surface area contributed by atoms with Gasteiger partial charge in [-0.25, -0.2) is 0 Å². The predicted octanol–water partition coefficient (Wildman–Crippen LogP) is 3.30. The van der Waals surface area contributed by atoms with Crippen LogP contribution in [0.4, 0.5) is 0 Å². The van der Waals surface area contributed by atoms with Gasteiger partial charge in [-0.1, -0.05) is 6.92 Å². The fourth-order valence-corrected chi connectivity index (χ4v) is 4.32. The lowest BCUT2D eigenvalue weighted by Crippen LogP contribution is -2.48. The Morgan fingerprint density at radius 3 is 3.00 bits per heavy atom. The predicted molar refractivity (Wildman–Crippen MR) is 65.3 cm³/mol. The summed E-state index contributed by atoms with van der Waals surface area (Å²) in [6.45, 7) is 3.57. The largest absolute Gasteiger partial charge is 0.306 e. The number of nitrogens with one attached hydrogen (secondary N) is 1. The average Bonchev–Trinajstić information content (AvgIpc) is 2.72. The molecular weight excluding hydrogens is 202 g/mol. The molecule has 1 aliphatic heterocycles. The minimum absolute atomic E-state index is 0.369. The fourth-order valence-electron chi connectivity index (χ4n) is 3.13. The lowest BCUT2D eigenvalue weighted by Gasteiger charge is -2.43. The minimum Gasteiger partial charge on any atom is -0.306 e. The molecule has 1 saturated carbocycles. The first-order valence-corrected chi connectivity index (χ1v) is 7.00. The number of rotatable bonds is 0. The third kappa shape index (κ3) is 1.55. The summed E-state index contributed by atoms with van der Waals surface area (Å²) in [7, 11) is 0. The summed E-state index contributed by atoms with van der Waals surface area (Å²) < 4.78 is 0. The van der Waals surface area contributed by atoms with Crippen LogP contribution in [0.25, 0.3) is 0 Å². The molecule has 0 radical (unpaired) electrons. The van der Waals surface area contributed by atoms with E-state index in [0.717, 1.165) is 5.92 Å². The molecule has 0 amide bonds. The van der Waals surface area contributed by atoms with E-state index in [1.807, 2.05) is 11.3 Å². The van der Waals surface area contributed by atoms with Gasteiger partial charge in [-0.15, -0.1) is 11.3 Å². The molecule has 2 aliphatic rings. The maximum Gasteiger partial charge on any atom is 0.0531 e. The zero-order valence-electron chi connectivity index (χ0n) is 9.38. The van der Waals surface area contributed by atoms with Gasteiger partial charge < -0.3 is 5.32 Å². The monoisotopic (exact) mass is 221 g/mol. The van der Waals surface area contributed by atoms with Crippen molar-refractivity contribution in [3.8, 4) is 0 Å². The minimum atomic E-state index is 0.369. The number of hydrogen-bond donors (Lipinski definition) is 1. The molecular formula is C13H19NS. The van der Waals surface area contributed by atoms with Crippen molar-refractivity contribution in [3.05, 3.63) is 21.9 Å². The molecule has 0 bridgehead atoms. The molecule has 0 unspecified atom stereocenters. The third-order valence-electron chi connectivity index (χ3n) is 4.17. The molecule has 2 heteroatoms. The van der Waals surface area contributed by atoms with E-state index >= 15 is 0 Å². The molecule has 2 heterocycles. The zero-order valence-corrected chi connectivity index (χ0v) is 10.2. The summed E-state index contributed by atoms with van der Waals surface area (Å²) in [5.41, 5.74) is 1.99. The van der Waals surface area contributed by atoms with E-state index < -0.39 is 0 Å². The van der Waals surface area contributed by atoms with E-state index in [1.54, 1.807) is 10.4 Å². The van der Waals surface area contributed by atoms with Gasteiger partial charge in [-0.05, 0) is 55.0 Å². The standard InChI is InChI=1S/C13H19NS/c1-10-2-6-13(7-3-10)12-11(4-8-14-13)5-9-15-12/h5,9-10,14H,2-4,6-8H2,1H3. The highest BCUT2D eigenvalue weighted by Gasteiger charge is 2.39. The second-order valence-electron chi connectivity index (χ2n) is 5.22. The van der Waals surface area contributed by atoms with Gasteiger partial charge in [0.2, 0.25) is 0 Å². The number of hydrogen-bond acceptors (Lipinski definition) is 2. The molecule has 1 aliphatic carbocycles. The van der Waals surface area contributed by atoms with E-state index in [9.17, 15) is 0 Å². The number of thiophene rings is 1. The van der Waals surface area contributed by atoms with Crippen LogP contribution in [0.15, 0.2) is 11.4 Å². The highest BCUT2D eigenvalue weighted by molar-refractivity contribution is 7.10. The molecule has 1 aromatic rings. The first-order valence-electron chi connectivity index (χ1n) is 6.12. The smallest absolute Gasteiger partial charge is 0.0531 e. The summed E-state index contributed by atoms with van der Waals surface area (Å²) in [6, 6.07) is 2.33. The quantitative estimate of drug-likeness (QED) is 0.709. The van der Waals surface area contributed by atoms with Crippen LogP contribution < -0.4 is 5.32 Å². The van der Waals surface area contributed by atoms with Crippen LogP contribution in [0, 0.1) is 5.92 Å². The van der Waals surface area contributed by atoms with Crippen LogP contribution in [0.3, 0.4) is 0 Å². The first kappa shape index (κ1) is 9.86. The summed E-state index contributed by atoms with van der Waals surface area (Å²) in [4.78, 5) is 1.65. The van der Waals surface area contributed by atoms with E-state index in [-0.39, 0.29) is 0 Å². The van der Waals surface area contributed by atoms with Crippen molar-refractivity contribution in [2.75, 3.05) is 6.54 Å². The summed E-state index contributed by atoms with van der Waals surface area (Å²) in [5, 5.41) is 6.08. The Labute approximate surface area is 95.9 Å². The second-order valence-corrected chi connectivity index (χ2v) is 6.13. The summed E-state index contributed by atoms with van der Waals surface area (Å²) in [6.07, 6.45) is 6.72. The third-order valence-corrected chi connectivity index (χ3v) is 5.33. The van der Waals surface area contributed by atoms with Crippen molar-refractivity contribution >= 4 is 11.3 Å². The lowest BCUT2D eigenvalue weighted by molar-refractivity contribution is 0.192. The van der Waals surface area contributed by atoms with Crippen LogP contribution in [0.1, 0.15) is 43.0 Å². The fraction of sp³-hybridized carbons (Fsp3) is 0.692. The SMILES string of the molecule is CC1CCC2(CC1)NCCc1ccsc12. The van der Waals surface area contributed by atoms with Gasteiger partial charge in [0.1, 0.15) is 0 Å². The van der Waals surface area contributed by atoms with E-state index in [4.69, 9.17) is 0 Å². The molecule has 1 spiro atoms. The van der Waals surface area contributed by atoms with Gasteiger partial charge in [0.15, 0.2) is 0 Å². The molecule has 15 heavy (non-hydrogen) atoms. The first-order chi connectivity index (χ1) is 7.30. The van der Waals surface area contributed by atoms with Crippen molar-refractivity contribution in [2.24, 2.45) is 5.92 Å². The Hall–Kier alpha value is -0.340. The second kappa shape index (κ2) is 3.60.